The molecular weight excluding hydrogens is 459 g/mol. The summed E-state index contributed by atoms with van der Waals surface area (Å²) in [6, 6.07) is 16.4. The average molecular weight is 489 g/mol. The molecule has 3 heterocycles. The fourth-order valence-corrected chi connectivity index (χ4v) is 5.86. The normalized spacial score (nSPS) is 18.2. The van der Waals surface area contributed by atoms with Gasteiger partial charge < -0.3 is 9.47 Å². The maximum Gasteiger partial charge on any atom is 0.253 e. The quantitative estimate of drug-likeness (QED) is 0.311. The topological polar surface area (TPSA) is 51.0 Å². The van der Waals surface area contributed by atoms with E-state index in [4.69, 9.17) is 4.98 Å². The van der Waals surface area contributed by atoms with Crippen LogP contribution in [0.15, 0.2) is 72.1 Å². The predicted molar refractivity (Wildman–Crippen MR) is 138 cm³/mol. The standard InChI is InChI=1S/C28H29FN4OS/c1-19-13-20(2)16-32(15-19)27(34)23-7-3-22(4-8-23)18-35-28-31-25-11-12-30-14-26(25)33(28)17-21-5-9-24(29)10-6-21/h3-12,14,19-20H,13,15-18H2,1-2H3. The Hall–Kier alpha value is -3.19. The molecule has 0 saturated carbocycles. The molecule has 1 fully saturated rings. The number of benzene rings is 2. The molecule has 2 atom stereocenters. The summed E-state index contributed by atoms with van der Waals surface area (Å²) >= 11 is 1.65. The van der Waals surface area contributed by atoms with E-state index in [1.165, 1.54) is 18.6 Å². The van der Waals surface area contributed by atoms with Crippen molar-refractivity contribution in [2.45, 2.75) is 37.7 Å². The van der Waals surface area contributed by atoms with Crippen LogP contribution in [0.3, 0.4) is 0 Å². The van der Waals surface area contributed by atoms with Crippen LogP contribution in [0.1, 0.15) is 41.8 Å². The molecule has 5 rings (SSSR count). The smallest absolute Gasteiger partial charge is 0.253 e. The zero-order valence-corrected chi connectivity index (χ0v) is 20.8. The van der Waals surface area contributed by atoms with Crippen molar-refractivity contribution in [3.63, 3.8) is 0 Å². The third-order valence-corrected chi connectivity index (χ3v) is 7.54. The van der Waals surface area contributed by atoms with Gasteiger partial charge in [-0.25, -0.2) is 9.37 Å². The summed E-state index contributed by atoms with van der Waals surface area (Å²) in [4.78, 5) is 24.1. The van der Waals surface area contributed by atoms with Gasteiger partial charge >= 0.3 is 0 Å². The summed E-state index contributed by atoms with van der Waals surface area (Å²) in [5, 5.41) is 0.883. The predicted octanol–water partition coefficient (Wildman–Crippen LogP) is 6.03. The number of hydrogen-bond donors (Lipinski definition) is 0. The fraction of sp³-hybridized carbons (Fsp3) is 0.321. The van der Waals surface area contributed by atoms with E-state index in [1.807, 2.05) is 41.4 Å². The highest BCUT2D eigenvalue weighted by Crippen LogP contribution is 2.28. The third kappa shape index (κ3) is 5.40. The fourth-order valence-electron chi connectivity index (χ4n) is 4.89. The highest BCUT2D eigenvalue weighted by atomic mass is 32.2. The lowest BCUT2D eigenvalue weighted by atomic mass is 9.91. The summed E-state index contributed by atoms with van der Waals surface area (Å²) in [7, 11) is 0. The minimum atomic E-state index is -0.244. The molecule has 0 bridgehead atoms. The van der Waals surface area contributed by atoms with E-state index >= 15 is 0 Å². The second kappa shape index (κ2) is 10.2. The van der Waals surface area contributed by atoms with Crippen LogP contribution in [0.4, 0.5) is 4.39 Å². The number of carbonyl (C=O) groups excluding carboxylic acids is 1. The van der Waals surface area contributed by atoms with Gasteiger partial charge in [0.25, 0.3) is 5.91 Å². The van der Waals surface area contributed by atoms with Crippen LogP contribution in [0.5, 0.6) is 0 Å². The number of carbonyl (C=O) groups is 1. The Bertz CT molecular complexity index is 1310. The molecule has 0 radical (unpaired) electrons. The van der Waals surface area contributed by atoms with Gasteiger partial charge in [0, 0.05) is 30.6 Å². The van der Waals surface area contributed by atoms with Crippen LogP contribution in [0.25, 0.3) is 11.0 Å². The van der Waals surface area contributed by atoms with Gasteiger partial charge in [0.1, 0.15) is 5.82 Å². The SMILES string of the molecule is CC1CC(C)CN(C(=O)c2ccc(CSc3nc4ccncc4n3Cc3ccc(F)cc3)cc2)C1. The number of pyridine rings is 1. The van der Waals surface area contributed by atoms with Crippen LogP contribution < -0.4 is 0 Å². The Kier molecular flexibility index (Phi) is 6.86. The van der Waals surface area contributed by atoms with Crippen LogP contribution in [-0.4, -0.2) is 38.4 Å². The first-order valence-corrected chi connectivity index (χ1v) is 13.0. The molecule has 1 aliphatic heterocycles. The molecule has 2 aromatic carbocycles. The van der Waals surface area contributed by atoms with Crippen molar-refractivity contribution >= 4 is 28.7 Å². The van der Waals surface area contributed by atoms with E-state index in [0.717, 1.165) is 51.7 Å². The lowest BCUT2D eigenvalue weighted by Crippen LogP contribution is -2.42. The minimum absolute atomic E-state index is 0.121. The Morgan fingerprint density at radius 3 is 2.40 bits per heavy atom. The monoisotopic (exact) mass is 488 g/mol. The number of piperidine rings is 1. The van der Waals surface area contributed by atoms with Crippen molar-refractivity contribution in [2.75, 3.05) is 13.1 Å². The Morgan fingerprint density at radius 1 is 1.00 bits per heavy atom. The van der Waals surface area contributed by atoms with E-state index in [9.17, 15) is 9.18 Å². The van der Waals surface area contributed by atoms with E-state index in [1.54, 1.807) is 30.1 Å². The Labute approximate surface area is 209 Å². The van der Waals surface area contributed by atoms with Gasteiger partial charge in [0.15, 0.2) is 5.16 Å². The van der Waals surface area contributed by atoms with Gasteiger partial charge in [0.2, 0.25) is 0 Å². The van der Waals surface area contributed by atoms with Gasteiger partial charge in [0.05, 0.1) is 23.8 Å². The number of aromatic nitrogens is 3. The number of nitrogens with zero attached hydrogens (tertiary/aromatic N) is 4. The number of amides is 1. The molecule has 2 unspecified atom stereocenters. The molecule has 4 aromatic rings. The lowest BCUT2D eigenvalue weighted by molar-refractivity contribution is 0.0623. The van der Waals surface area contributed by atoms with Gasteiger partial charge in [-0.1, -0.05) is 49.9 Å². The number of thioether (sulfide) groups is 1. The van der Waals surface area contributed by atoms with Crippen molar-refractivity contribution < 1.29 is 9.18 Å². The van der Waals surface area contributed by atoms with Crippen LogP contribution >= 0.6 is 11.8 Å². The maximum atomic E-state index is 13.4. The molecule has 1 saturated heterocycles. The molecule has 2 aromatic heterocycles. The van der Waals surface area contributed by atoms with Crippen LogP contribution in [0, 0.1) is 17.7 Å². The minimum Gasteiger partial charge on any atom is -0.338 e. The molecule has 180 valence electrons. The van der Waals surface area contributed by atoms with Gasteiger partial charge in [-0.2, -0.15) is 0 Å². The third-order valence-electron chi connectivity index (χ3n) is 6.49. The molecule has 0 N–H and O–H groups in total. The maximum absolute atomic E-state index is 13.4. The lowest BCUT2D eigenvalue weighted by Gasteiger charge is -2.35. The molecule has 0 aliphatic carbocycles. The number of likely N-dealkylation sites (tertiary alicyclic amines) is 1. The first-order chi connectivity index (χ1) is 17.0. The molecule has 1 amide bonds. The van der Waals surface area contributed by atoms with Gasteiger partial charge in [-0.3, -0.25) is 9.78 Å². The number of fused-ring (bicyclic) bond motifs is 1. The largest absolute Gasteiger partial charge is 0.338 e. The zero-order valence-electron chi connectivity index (χ0n) is 20.0. The van der Waals surface area contributed by atoms with E-state index < -0.39 is 0 Å². The number of imidazole rings is 1. The van der Waals surface area contributed by atoms with E-state index in [2.05, 4.69) is 23.4 Å². The molecular formula is C28H29FN4OS. The van der Waals surface area contributed by atoms with E-state index in [-0.39, 0.29) is 11.7 Å². The highest BCUT2D eigenvalue weighted by molar-refractivity contribution is 7.98. The highest BCUT2D eigenvalue weighted by Gasteiger charge is 2.26. The molecule has 35 heavy (non-hydrogen) atoms. The number of rotatable bonds is 6. The molecule has 7 heteroatoms. The van der Waals surface area contributed by atoms with Gasteiger partial charge in [-0.05, 0) is 59.7 Å². The Balaban J connectivity index is 1.30. The van der Waals surface area contributed by atoms with E-state index in [0.29, 0.717) is 18.4 Å². The summed E-state index contributed by atoms with van der Waals surface area (Å²) in [5.74, 6) is 1.69. The summed E-state index contributed by atoms with van der Waals surface area (Å²) in [6.45, 7) is 6.69. The van der Waals surface area contributed by atoms with Crippen LogP contribution in [0.2, 0.25) is 0 Å². The molecule has 5 nitrogen and oxygen atoms in total. The average Bonchev–Trinajstić information content (AvgIpc) is 3.20. The van der Waals surface area contributed by atoms with Crippen molar-refractivity contribution in [3.8, 4) is 0 Å². The van der Waals surface area contributed by atoms with Crippen molar-refractivity contribution in [3.05, 3.63) is 89.5 Å². The first-order valence-electron chi connectivity index (χ1n) is 12.0. The van der Waals surface area contributed by atoms with Crippen molar-refractivity contribution in [1.29, 1.82) is 0 Å². The van der Waals surface area contributed by atoms with Crippen LogP contribution in [-0.2, 0) is 12.3 Å². The zero-order chi connectivity index (χ0) is 24.4. The molecule has 0 spiro atoms. The number of halogens is 1. The van der Waals surface area contributed by atoms with Crippen molar-refractivity contribution in [2.24, 2.45) is 11.8 Å². The summed E-state index contributed by atoms with van der Waals surface area (Å²) in [6.07, 6.45) is 4.74. The second-order valence-corrected chi connectivity index (χ2v) is 10.6. The van der Waals surface area contributed by atoms with Crippen molar-refractivity contribution in [1.82, 2.24) is 19.4 Å². The second-order valence-electron chi connectivity index (χ2n) is 9.61. The number of hydrogen-bond acceptors (Lipinski definition) is 4. The summed E-state index contributed by atoms with van der Waals surface area (Å²) in [5.41, 5.74) is 4.71. The van der Waals surface area contributed by atoms with Gasteiger partial charge in [-0.15, -0.1) is 0 Å². The first kappa shape index (κ1) is 23.5. The summed E-state index contributed by atoms with van der Waals surface area (Å²) < 4.78 is 15.5. The molecule has 1 aliphatic rings. The Morgan fingerprint density at radius 2 is 1.69 bits per heavy atom.